The van der Waals surface area contributed by atoms with Crippen LogP contribution in [0.1, 0.15) is 56.9 Å². The maximum absolute atomic E-state index is 13.0. The Kier molecular flexibility index (Phi) is 7.66. The Morgan fingerprint density at radius 1 is 0.906 bits per heavy atom. The van der Waals surface area contributed by atoms with Crippen molar-refractivity contribution in [1.82, 2.24) is 14.7 Å². The first kappa shape index (κ1) is 22.6. The van der Waals surface area contributed by atoms with Crippen molar-refractivity contribution in [2.45, 2.75) is 63.8 Å². The number of ether oxygens (including phenoxy) is 1. The van der Waals surface area contributed by atoms with Crippen molar-refractivity contribution in [3.63, 3.8) is 0 Å². The van der Waals surface area contributed by atoms with Gasteiger partial charge in [-0.05, 0) is 62.6 Å². The Bertz CT molecular complexity index is 827. The van der Waals surface area contributed by atoms with Gasteiger partial charge in [0.1, 0.15) is 12.4 Å². The molecule has 1 aromatic carbocycles. The molecule has 7 heteroatoms. The van der Waals surface area contributed by atoms with Crippen molar-refractivity contribution >= 4 is 17.7 Å². The molecule has 1 aromatic rings. The van der Waals surface area contributed by atoms with E-state index in [2.05, 4.69) is 17.0 Å². The van der Waals surface area contributed by atoms with Crippen LogP contribution in [0.25, 0.3) is 0 Å². The molecule has 1 atom stereocenters. The molecule has 32 heavy (non-hydrogen) atoms. The van der Waals surface area contributed by atoms with Gasteiger partial charge in [0.05, 0.1) is 13.1 Å². The van der Waals surface area contributed by atoms with Crippen LogP contribution in [-0.4, -0.2) is 77.8 Å². The van der Waals surface area contributed by atoms with Crippen LogP contribution in [0.2, 0.25) is 0 Å². The van der Waals surface area contributed by atoms with E-state index in [-0.39, 0.29) is 24.3 Å². The van der Waals surface area contributed by atoms with Crippen molar-refractivity contribution in [2.75, 3.05) is 39.3 Å². The Labute approximate surface area is 190 Å². The number of aryl methyl sites for hydroxylation is 1. The van der Waals surface area contributed by atoms with Gasteiger partial charge in [-0.15, -0.1) is 0 Å². The molecule has 0 spiro atoms. The lowest BCUT2D eigenvalue weighted by Crippen LogP contribution is -2.45. The highest BCUT2D eigenvalue weighted by Crippen LogP contribution is 2.24. The summed E-state index contributed by atoms with van der Waals surface area (Å²) in [5.41, 5.74) is 1.22. The fourth-order valence-corrected chi connectivity index (χ4v) is 5.09. The summed E-state index contributed by atoms with van der Waals surface area (Å²) >= 11 is 0. The largest absolute Gasteiger partial charge is 0.492 e. The third-order valence-electron chi connectivity index (χ3n) is 6.91. The molecule has 174 valence electrons. The number of hydrogen-bond donors (Lipinski definition) is 0. The van der Waals surface area contributed by atoms with E-state index in [9.17, 15) is 14.4 Å². The molecule has 2 fully saturated rings. The first-order chi connectivity index (χ1) is 15.6. The standard InChI is InChI=1S/C25H35N3O4/c29-23-9-4-14-27(23)19-25(31)26-13-5-10-24(30)28-15-2-1-7-21(28)12-11-20-6-3-8-22(18-20)32-17-16-26/h3,6,8,18,21H,1-2,4-5,7,9-17,19H2. The minimum absolute atomic E-state index is 0.0519. The number of fused-ring (bicyclic) bond motifs is 3. The van der Waals surface area contributed by atoms with Crippen LogP contribution in [0.5, 0.6) is 5.75 Å². The predicted molar refractivity (Wildman–Crippen MR) is 121 cm³/mol. The SMILES string of the molecule is O=C(CN1CCCC1=O)N1CCCC(=O)N2CCCCC2CCc2cccc(c2)OCC1. The van der Waals surface area contributed by atoms with E-state index in [1.165, 1.54) is 12.0 Å². The maximum Gasteiger partial charge on any atom is 0.242 e. The van der Waals surface area contributed by atoms with Crippen molar-refractivity contribution in [3.05, 3.63) is 29.8 Å². The van der Waals surface area contributed by atoms with Crippen LogP contribution >= 0.6 is 0 Å². The zero-order chi connectivity index (χ0) is 22.3. The highest BCUT2D eigenvalue weighted by atomic mass is 16.5. The molecular formula is C25H35N3O4. The summed E-state index contributed by atoms with van der Waals surface area (Å²) in [5, 5.41) is 0. The molecule has 3 amide bonds. The monoisotopic (exact) mass is 441 g/mol. The molecule has 3 aliphatic heterocycles. The number of benzene rings is 1. The summed E-state index contributed by atoms with van der Waals surface area (Å²) < 4.78 is 5.97. The predicted octanol–water partition coefficient (Wildman–Crippen LogP) is 2.62. The first-order valence-corrected chi connectivity index (χ1v) is 12.2. The van der Waals surface area contributed by atoms with E-state index in [4.69, 9.17) is 4.74 Å². The highest BCUT2D eigenvalue weighted by molar-refractivity contribution is 5.86. The number of carbonyl (C=O) groups is 3. The van der Waals surface area contributed by atoms with E-state index in [0.717, 1.165) is 44.4 Å². The van der Waals surface area contributed by atoms with Crippen LogP contribution in [0, 0.1) is 0 Å². The van der Waals surface area contributed by atoms with Gasteiger partial charge in [-0.1, -0.05) is 12.1 Å². The van der Waals surface area contributed by atoms with Gasteiger partial charge in [0, 0.05) is 38.5 Å². The quantitative estimate of drug-likeness (QED) is 0.708. The van der Waals surface area contributed by atoms with Gasteiger partial charge in [-0.25, -0.2) is 0 Å². The molecule has 3 heterocycles. The molecule has 2 saturated heterocycles. The van der Waals surface area contributed by atoms with Gasteiger partial charge < -0.3 is 19.4 Å². The van der Waals surface area contributed by atoms with Crippen molar-refractivity contribution in [1.29, 1.82) is 0 Å². The molecular weight excluding hydrogens is 406 g/mol. The molecule has 0 saturated carbocycles. The number of rotatable bonds is 2. The second kappa shape index (κ2) is 10.8. The Morgan fingerprint density at radius 2 is 1.75 bits per heavy atom. The second-order valence-corrected chi connectivity index (χ2v) is 9.17. The van der Waals surface area contributed by atoms with Gasteiger partial charge in [0.2, 0.25) is 17.7 Å². The van der Waals surface area contributed by atoms with Crippen LogP contribution in [0.15, 0.2) is 24.3 Å². The fourth-order valence-electron chi connectivity index (χ4n) is 5.09. The number of amides is 3. The lowest BCUT2D eigenvalue weighted by molar-refractivity contribution is -0.139. The normalized spacial score (nSPS) is 23.2. The second-order valence-electron chi connectivity index (χ2n) is 9.17. The van der Waals surface area contributed by atoms with Gasteiger partial charge in [0.15, 0.2) is 0 Å². The molecule has 0 radical (unpaired) electrons. The summed E-state index contributed by atoms with van der Waals surface area (Å²) in [6, 6.07) is 8.44. The summed E-state index contributed by atoms with van der Waals surface area (Å²) in [6.45, 7) is 2.96. The molecule has 3 aliphatic rings. The van der Waals surface area contributed by atoms with Crippen LogP contribution in [-0.2, 0) is 20.8 Å². The Hall–Kier alpha value is -2.57. The molecule has 4 rings (SSSR count). The first-order valence-electron chi connectivity index (χ1n) is 12.2. The number of likely N-dealkylation sites (tertiary alicyclic amines) is 1. The summed E-state index contributed by atoms with van der Waals surface area (Å²) in [4.78, 5) is 43.4. The fraction of sp³-hybridized carbons (Fsp3) is 0.640. The maximum atomic E-state index is 13.0. The topological polar surface area (TPSA) is 70.2 Å². The Morgan fingerprint density at radius 3 is 2.59 bits per heavy atom. The van der Waals surface area contributed by atoms with Crippen molar-refractivity contribution < 1.29 is 19.1 Å². The lowest BCUT2D eigenvalue weighted by Gasteiger charge is -2.36. The molecule has 0 aromatic heterocycles. The van der Waals surface area contributed by atoms with E-state index in [1.54, 1.807) is 9.80 Å². The average molecular weight is 442 g/mol. The molecule has 0 N–H and O–H groups in total. The number of piperidine rings is 1. The molecule has 2 bridgehead atoms. The molecule has 0 aliphatic carbocycles. The zero-order valence-electron chi connectivity index (χ0n) is 19.0. The highest BCUT2D eigenvalue weighted by Gasteiger charge is 2.28. The number of hydrogen-bond acceptors (Lipinski definition) is 4. The zero-order valence-corrected chi connectivity index (χ0v) is 19.0. The average Bonchev–Trinajstić information content (AvgIpc) is 3.20. The minimum Gasteiger partial charge on any atom is -0.492 e. The van der Waals surface area contributed by atoms with Gasteiger partial charge in [-0.3, -0.25) is 14.4 Å². The van der Waals surface area contributed by atoms with E-state index in [1.807, 2.05) is 12.1 Å². The van der Waals surface area contributed by atoms with E-state index in [0.29, 0.717) is 51.5 Å². The van der Waals surface area contributed by atoms with Crippen molar-refractivity contribution in [2.24, 2.45) is 0 Å². The Balaban J connectivity index is 1.46. The summed E-state index contributed by atoms with van der Waals surface area (Å²) in [7, 11) is 0. The summed E-state index contributed by atoms with van der Waals surface area (Å²) in [6.07, 6.45) is 7.65. The third-order valence-corrected chi connectivity index (χ3v) is 6.91. The van der Waals surface area contributed by atoms with Gasteiger partial charge >= 0.3 is 0 Å². The van der Waals surface area contributed by atoms with E-state index >= 15 is 0 Å². The smallest absolute Gasteiger partial charge is 0.242 e. The van der Waals surface area contributed by atoms with E-state index < -0.39 is 0 Å². The lowest BCUT2D eigenvalue weighted by atomic mass is 9.95. The molecule has 7 nitrogen and oxygen atoms in total. The van der Waals surface area contributed by atoms with Crippen LogP contribution in [0.4, 0.5) is 0 Å². The summed E-state index contributed by atoms with van der Waals surface area (Å²) in [5.74, 6) is 1.01. The number of nitrogens with zero attached hydrogens (tertiary/aromatic N) is 3. The van der Waals surface area contributed by atoms with Crippen LogP contribution < -0.4 is 4.74 Å². The van der Waals surface area contributed by atoms with Gasteiger partial charge in [-0.2, -0.15) is 0 Å². The minimum atomic E-state index is -0.0646. The van der Waals surface area contributed by atoms with Gasteiger partial charge in [0.25, 0.3) is 0 Å². The molecule has 1 unspecified atom stereocenters. The van der Waals surface area contributed by atoms with Crippen LogP contribution in [0.3, 0.4) is 0 Å². The van der Waals surface area contributed by atoms with Crippen molar-refractivity contribution in [3.8, 4) is 5.75 Å². The number of carbonyl (C=O) groups excluding carboxylic acids is 3. The third kappa shape index (κ3) is 5.81.